The summed E-state index contributed by atoms with van der Waals surface area (Å²) < 4.78 is 40.2. The molecule has 178 valence electrons. The van der Waals surface area contributed by atoms with Crippen molar-refractivity contribution in [1.82, 2.24) is 19.9 Å². The summed E-state index contributed by atoms with van der Waals surface area (Å²) in [6.45, 7) is 2.85. The molecule has 0 bridgehead atoms. The highest BCUT2D eigenvalue weighted by molar-refractivity contribution is 7.80. The zero-order valence-corrected chi connectivity index (χ0v) is 19.9. The van der Waals surface area contributed by atoms with Crippen molar-refractivity contribution in [2.45, 2.75) is 32.4 Å². The maximum Gasteiger partial charge on any atom is 0.416 e. The molecule has 0 radical (unpaired) electrons. The van der Waals surface area contributed by atoms with Crippen molar-refractivity contribution in [3.63, 3.8) is 0 Å². The van der Waals surface area contributed by atoms with Crippen molar-refractivity contribution >= 4 is 34.5 Å². The lowest BCUT2D eigenvalue weighted by molar-refractivity contribution is -0.137. The van der Waals surface area contributed by atoms with Gasteiger partial charge in [0.15, 0.2) is 0 Å². The van der Waals surface area contributed by atoms with E-state index in [9.17, 15) is 13.2 Å². The van der Waals surface area contributed by atoms with Gasteiger partial charge in [0.2, 0.25) is 5.95 Å². The number of aromatic nitrogens is 3. The lowest BCUT2D eigenvalue weighted by Gasteiger charge is -2.14. The molecule has 1 aliphatic heterocycles. The molecule has 2 N–H and O–H groups in total. The normalized spacial score (nSPS) is 13.2. The van der Waals surface area contributed by atoms with Crippen molar-refractivity contribution in [1.29, 1.82) is 0 Å². The van der Waals surface area contributed by atoms with Crippen LogP contribution in [0, 0.1) is 6.92 Å². The second-order valence-electron chi connectivity index (χ2n) is 8.56. The number of thiocarbonyl (C=S) groups is 1. The fourth-order valence-electron chi connectivity index (χ4n) is 3.78. The van der Waals surface area contributed by atoms with Gasteiger partial charge in [0.25, 0.3) is 0 Å². The lowest BCUT2D eigenvalue weighted by Crippen LogP contribution is -2.13. The highest BCUT2D eigenvalue weighted by atomic mass is 32.1. The first kappa shape index (κ1) is 24.0. The average Bonchev–Trinajstić information content (AvgIpc) is 2.90. The number of benzene rings is 1. The Balaban J connectivity index is 1.68. The molecule has 0 spiro atoms. The largest absolute Gasteiger partial charge is 0.416 e. The predicted molar refractivity (Wildman–Crippen MR) is 132 cm³/mol. The molecule has 3 heterocycles. The number of rotatable bonds is 6. The smallest absolute Gasteiger partial charge is 0.349 e. The average molecular weight is 487 g/mol. The van der Waals surface area contributed by atoms with E-state index in [-0.39, 0.29) is 5.95 Å². The predicted octanol–water partition coefficient (Wildman–Crippen LogP) is 5.40. The third kappa shape index (κ3) is 5.51. The zero-order chi connectivity index (χ0) is 24.5. The van der Waals surface area contributed by atoms with Gasteiger partial charge < -0.3 is 15.5 Å². The molecule has 1 aromatic carbocycles. The van der Waals surface area contributed by atoms with Crippen LogP contribution in [0.1, 0.15) is 28.8 Å². The number of aryl methyl sites for hydroxylation is 2. The van der Waals surface area contributed by atoms with Crippen LogP contribution in [0.15, 0.2) is 36.7 Å². The summed E-state index contributed by atoms with van der Waals surface area (Å²) in [6, 6.07) is 5.54. The molecule has 3 aromatic rings. The van der Waals surface area contributed by atoms with Gasteiger partial charge in [-0.2, -0.15) is 13.2 Å². The monoisotopic (exact) mass is 486 g/mol. The first-order valence-corrected chi connectivity index (χ1v) is 11.3. The molecule has 0 saturated heterocycles. The summed E-state index contributed by atoms with van der Waals surface area (Å²) in [5.41, 5.74) is 3.77. The molecule has 6 nitrogen and oxygen atoms in total. The Morgan fingerprint density at radius 3 is 2.68 bits per heavy atom. The number of nitrogens with zero attached hydrogens (tertiary/aromatic N) is 4. The number of fused-ring (bicyclic) bond motifs is 3. The Morgan fingerprint density at radius 2 is 1.94 bits per heavy atom. The van der Waals surface area contributed by atoms with Gasteiger partial charge in [-0.3, -0.25) is 4.98 Å². The van der Waals surface area contributed by atoms with E-state index >= 15 is 0 Å². The Labute approximate surface area is 201 Å². The first-order valence-electron chi connectivity index (χ1n) is 10.8. The highest BCUT2D eigenvalue weighted by Crippen LogP contribution is 2.38. The molecular formula is C24H25F3N6S. The van der Waals surface area contributed by atoms with E-state index in [4.69, 9.17) is 12.2 Å². The number of hydrogen-bond acceptors (Lipinski definition) is 6. The number of pyridine rings is 1. The van der Waals surface area contributed by atoms with Gasteiger partial charge in [-0.15, -0.1) is 0 Å². The topological polar surface area (TPSA) is 66.0 Å². The van der Waals surface area contributed by atoms with Gasteiger partial charge >= 0.3 is 6.18 Å². The summed E-state index contributed by atoms with van der Waals surface area (Å²) in [6.07, 6.45) is 1.21. The van der Waals surface area contributed by atoms with Crippen LogP contribution in [0.2, 0.25) is 0 Å². The standard InChI is InChI=1S/C24H25F3N6S/c1-14-20(9-15(12-28-14)5-4-8-33(2)3)31-23-29-13-16-10-21(34)30-19-7-6-17(24(25,26)27)11-18(19)22(16)32-23/h6-7,9,11-13H,4-5,8,10H2,1-3H3,(H,30,34)(H,29,31,32). The second-order valence-corrected chi connectivity index (χ2v) is 9.05. The summed E-state index contributed by atoms with van der Waals surface area (Å²) >= 11 is 5.36. The third-order valence-electron chi connectivity index (χ3n) is 5.55. The number of hydrogen-bond donors (Lipinski definition) is 2. The van der Waals surface area contributed by atoms with E-state index in [1.165, 1.54) is 6.07 Å². The van der Waals surface area contributed by atoms with Crippen LogP contribution in [0.4, 0.5) is 30.5 Å². The quantitative estimate of drug-likeness (QED) is 0.452. The number of halogens is 3. The van der Waals surface area contributed by atoms with E-state index in [0.717, 1.165) is 48.5 Å². The van der Waals surface area contributed by atoms with Gasteiger partial charge in [-0.25, -0.2) is 9.97 Å². The Morgan fingerprint density at radius 1 is 1.15 bits per heavy atom. The van der Waals surface area contributed by atoms with E-state index in [0.29, 0.717) is 33.9 Å². The molecule has 0 saturated carbocycles. The van der Waals surface area contributed by atoms with Crippen molar-refractivity contribution in [2.24, 2.45) is 0 Å². The van der Waals surface area contributed by atoms with Crippen LogP contribution in [0.3, 0.4) is 0 Å². The number of nitrogens with one attached hydrogen (secondary N) is 2. The lowest BCUT2D eigenvalue weighted by atomic mass is 10.0. The van der Waals surface area contributed by atoms with Crippen molar-refractivity contribution in [3.8, 4) is 11.3 Å². The molecule has 10 heteroatoms. The fourth-order valence-corrected chi connectivity index (χ4v) is 4.05. The molecule has 0 amide bonds. The second kappa shape index (κ2) is 9.63. The summed E-state index contributed by atoms with van der Waals surface area (Å²) in [5, 5.41) is 6.22. The fraction of sp³-hybridized carbons (Fsp3) is 0.333. The van der Waals surface area contributed by atoms with E-state index < -0.39 is 11.7 Å². The molecule has 0 atom stereocenters. The zero-order valence-electron chi connectivity index (χ0n) is 19.1. The summed E-state index contributed by atoms with van der Waals surface area (Å²) in [4.78, 5) is 16.1. The molecule has 4 rings (SSSR count). The summed E-state index contributed by atoms with van der Waals surface area (Å²) in [5.74, 6) is 0.283. The third-order valence-corrected chi connectivity index (χ3v) is 5.80. The SMILES string of the molecule is Cc1ncc(CCCN(C)C)cc1Nc1ncc2c(n1)-c1cc(C(F)(F)F)ccc1NC(=S)C2. The van der Waals surface area contributed by atoms with Crippen molar-refractivity contribution in [2.75, 3.05) is 31.3 Å². The van der Waals surface area contributed by atoms with Crippen molar-refractivity contribution in [3.05, 3.63) is 59.0 Å². The number of anilines is 3. The van der Waals surface area contributed by atoms with Crippen LogP contribution >= 0.6 is 12.2 Å². The molecule has 34 heavy (non-hydrogen) atoms. The molecule has 0 fully saturated rings. The van der Waals surface area contributed by atoms with Gasteiger partial charge in [0.05, 0.1) is 27.6 Å². The minimum atomic E-state index is -4.47. The van der Waals surface area contributed by atoms with Crippen LogP contribution in [0.25, 0.3) is 11.3 Å². The van der Waals surface area contributed by atoms with Crippen molar-refractivity contribution < 1.29 is 13.2 Å². The molecule has 1 aliphatic rings. The summed E-state index contributed by atoms with van der Waals surface area (Å²) in [7, 11) is 4.07. The van der Waals surface area contributed by atoms with Crippen LogP contribution in [-0.4, -0.2) is 45.5 Å². The highest BCUT2D eigenvalue weighted by Gasteiger charge is 2.32. The van der Waals surface area contributed by atoms with Gasteiger partial charge in [0.1, 0.15) is 0 Å². The van der Waals surface area contributed by atoms with E-state index in [1.54, 1.807) is 6.20 Å². The van der Waals surface area contributed by atoms with Crippen LogP contribution in [0.5, 0.6) is 0 Å². The van der Waals surface area contributed by atoms with Gasteiger partial charge in [0, 0.05) is 35.6 Å². The van der Waals surface area contributed by atoms with Gasteiger partial charge in [-0.05, 0) is 70.2 Å². The minimum absolute atomic E-state index is 0.283. The Hall–Kier alpha value is -3.11. The Bertz CT molecular complexity index is 1230. The van der Waals surface area contributed by atoms with E-state index in [1.807, 2.05) is 33.3 Å². The van der Waals surface area contributed by atoms with Gasteiger partial charge in [-0.1, -0.05) is 12.2 Å². The molecule has 0 unspecified atom stereocenters. The Kier molecular flexibility index (Phi) is 6.81. The van der Waals surface area contributed by atoms with E-state index in [2.05, 4.69) is 30.5 Å². The molecule has 0 aliphatic carbocycles. The first-order chi connectivity index (χ1) is 16.1. The molecular weight excluding hydrogens is 461 g/mol. The minimum Gasteiger partial charge on any atom is -0.349 e. The maximum absolute atomic E-state index is 13.4. The molecule has 2 aromatic heterocycles. The number of alkyl halides is 3. The maximum atomic E-state index is 13.4. The van der Waals surface area contributed by atoms with Crippen LogP contribution in [-0.2, 0) is 19.0 Å². The van der Waals surface area contributed by atoms with Crippen LogP contribution < -0.4 is 10.6 Å².